The van der Waals surface area contributed by atoms with E-state index >= 15 is 0 Å². The van der Waals surface area contributed by atoms with Crippen LogP contribution in [0.3, 0.4) is 0 Å². The van der Waals surface area contributed by atoms with E-state index in [1.165, 1.54) is 6.07 Å². The second-order valence-corrected chi connectivity index (χ2v) is 4.61. The van der Waals surface area contributed by atoms with Crippen molar-refractivity contribution < 1.29 is 14.3 Å². The second kappa shape index (κ2) is 3.50. The Hall–Kier alpha value is -0.650. The molecule has 0 aromatic heterocycles. The van der Waals surface area contributed by atoms with Gasteiger partial charge in [-0.05, 0) is 0 Å². The lowest BCUT2D eigenvalue weighted by molar-refractivity contribution is -0.113. The number of hydrogen-bond donors (Lipinski definition) is 1. The number of nitriles is 1. The van der Waals surface area contributed by atoms with Crippen LogP contribution in [0.1, 0.15) is 6.42 Å². The molecule has 0 heterocycles. The first-order valence-corrected chi connectivity index (χ1v) is 4.97. The molecule has 0 aliphatic heterocycles. The van der Waals surface area contributed by atoms with Crippen LogP contribution in [0.15, 0.2) is 0 Å². The molecular formula is C5H8NO3P. The van der Waals surface area contributed by atoms with Crippen LogP contribution in [-0.2, 0) is 9.36 Å². The predicted molar refractivity (Wildman–Crippen MR) is 35.9 cm³/mol. The van der Waals surface area contributed by atoms with E-state index in [1.807, 2.05) is 0 Å². The molecule has 0 radical (unpaired) electrons. The Morgan fingerprint density at radius 3 is 2.60 bits per heavy atom. The van der Waals surface area contributed by atoms with E-state index in [0.29, 0.717) is 0 Å². The van der Waals surface area contributed by atoms with Crippen molar-refractivity contribution >= 4 is 13.2 Å². The number of Topliss-reactive ketones (excluding diaryl/α,β-unsaturated/α-hetero) is 1. The zero-order valence-electron chi connectivity index (χ0n) is 5.57. The van der Waals surface area contributed by atoms with E-state index < -0.39 is 13.2 Å². The number of ketones is 1. The number of nitrogens with zero attached hydrogens (tertiary/aromatic N) is 1. The quantitative estimate of drug-likeness (QED) is 0.479. The third-order valence-electron chi connectivity index (χ3n) is 0.878. The zero-order chi connectivity index (χ0) is 8.20. The van der Waals surface area contributed by atoms with Crippen molar-refractivity contribution in [3.8, 4) is 6.07 Å². The van der Waals surface area contributed by atoms with Gasteiger partial charge in [-0.15, -0.1) is 0 Å². The molecule has 0 amide bonds. The molecule has 1 unspecified atom stereocenters. The van der Waals surface area contributed by atoms with Crippen LogP contribution < -0.4 is 0 Å². The van der Waals surface area contributed by atoms with Crippen molar-refractivity contribution in [1.29, 1.82) is 5.26 Å². The number of hydrogen-bond acceptors (Lipinski definition) is 3. The summed E-state index contributed by atoms with van der Waals surface area (Å²) in [7, 11) is -3.10. The summed E-state index contributed by atoms with van der Waals surface area (Å²) in [5.41, 5.74) is 0. The maximum absolute atomic E-state index is 10.5. The Balaban J connectivity index is 3.70. The van der Waals surface area contributed by atoms with E-state index in [-0.39, 0.29) is 12.6 Å². The van der Waals surface area contributed by atoms with Crippen LogP contribution in [0, 0.1) is 11.3 Å². The van der Waals surface area contributed by atoms with Crippen molar-refractivity contribution in [2.45, 2.75) is 6.42 Å². The van der Waals surface area contributed by atoms with Gasteiger partial charge in [0.15, 0.2) is 7.37 Å². The van der Waals surface area contributed by atoms with E-state index in [9.17, 15) is 9.36 Å². The van der Waals surface area contributed by atoms with Crippen molar-refractivity contribution in [2.24, 2.45) is 0 Å². The number of carbonyl (C=O) groups is 1. The first-order valence-electron chi connectivity index (χ1n) is 2.68. The molecule has 0 spiro atoms. The fourth-order valence-electron chi connectivity index (χ4n) is 0.365. The predicted octanol–water partition coefficient (Wildman–Crippen LogP) is 0.369. The van der Waals surface area contributed by atoms with Gasteiger partial charge in [0.2, 0.25) is 5.78 Å². The molecule has 0 aromatic rings. The summed E-state index contributed by atoms with van der Waals surface area (Å²) in [6, 6.07) is 1.37. The van der Waals surface area contributed by atoms with Gasteiger partial charge in [-0.2, -0.15) is 5.26 Å². The van der Waals surface area contributed by atoms with Crippen molar-refractivity contribution in [3.05, 3.63) is 0 Å². The highest BCUT2D eigenvalue weighted by molar-refractivity contribution is 7.57. The third kappa shape index (κ3) is 5.49. The zero-order valence-corrected chi connectivity index (χ0v) is 6.47. The van der Waals surface area contributed by atoms with E-state index in [0.717, 1.165) is 6.66 Å². The number of rotatable bonds is 3. The standard InChI is InChI=1S/C5H8NO3P/c1-10(8,9)3-2-5(7)4-6/h2-3H2,1H3,(H,8,9). The van der Waals surface area contributed by atoms with Crippen molar-refractivity contribution in [2.75, 3.05) is 12.8 Å². The van der Waals surface area contributed by atoms with Gasteiger partial charge in [0, 0.05) is 19.2 Å². The van der Waals surface area contributed by atoms with Crippen LogP contribution in [0.4, 0.5) is 0 Å². The number of carbonyl (C=O) groups excluding carboxylic acids is 1. The van der Waals surface area contributed by atoms with E-state index in [4.69, 9.17) is 10.2 Å². The normalized spacial score (nSPS) is 15.3. The first kappa shape index (κ1) is 9.35. The van der Waals surface area contributed by atoms with Crippen LogP contribution in [0.5, 0.6) is 0 Å². The molecule has 0 aromatic carbocycles. The van der Waals surface area contributed by atoms with Crippen molar-refractivity contribution in [3.63, 3.8) is 0 Å². The smallest absolute Gasteiger partial charge is 0.232 e. The van der Waals surface area contributed by atoms with Gasteiger partial charge in [0.1, 0.15) is 6.07 Å². The molecule has 56 valence electrons. The van der Waals surface area contributed by atoms with Crippen LogP contribution >= 0.6 is 7.37 Å². The summed E-state index contributed by atoms with van der Waals surface area (Å²) in [6.45, 7) is 1.16. The molecule has 0 saturated carbocycles. The molecule has 4 nitrogen and oxygen atoms in total. The molecule has 0 rings (SSSR count). The van der Waals surface area contributed by atoms with Gasteiger partial charge >= 0.3 is 0 Å². The fraction of sp³-hybridized carbons (Fsp3) is 0.600. The molecule has 0 bridgehead atoms. The van der Waals surface area contributed by atoms with Gasteiger partial charge in [-0.3, -0.25) is 9.36 Å². The maximum atomic E-state index is 10.5. The molecule has 0 aliphatic rings. The Morgan fingerprint density at radius 2 is 2.30 bits per heavy atom. The topological polar surface area (TPSA) is 78.2 Å². The van der Waals surface area contributed by atoms with E-state index in [1.54, 1.807) is 0 Å². The Morgan fingerprint density at radius 1 is 1.80 bits per heavy atom. The van der Waals surface area contributed by atoms with Gasteiger partial charge < -0.3 is 4.89 Å². The first-order chi connectivity index (χ1) is 4.45. The average Bonchev–Trinajstić information content (AvgIpc) is 1.81. The van der Waals surface area contributed by atoms with Crippen molar-refractivity contribution in [1.82, 2.24) is 0 Å². The maximum Gasteiger partial charge on any atom is 0.232 e. The second-order valence-electron chi connectivity index (χ2n) is 2.06. The van der Waals surface area contributed by atoms with Gasteiger partial charge in [-0.25, -0.2) is 0 Å². The van der Waals surface area contributed by atoms with Gasteiger partial charge in [0.25, 0.3) is 0 Å². The highest BCUT2D eigenvalue weighted by Gasteiger charge is 2.11. The Kier molecular flexibility index (Phi) is 3.27. The molecule has 1 N–H and O–H groups in total. The minimum absolute atomic E-state index is 0.0978. The molecule has 0 saturated heterocycles. The highest BCUT2D eigenvalue weighted by atomic mass is 31.2. The summed E-state index contributed by atoms with van der Waals surface area (Å²) >= 11 is 0. The van der Waals surface area contributed by atoms with E-state index in [2.05, 4.69) is 0 Å². The molecule has 0 fully saturated rings. The Bertz CT molecular complexity index is 211. The van der Waals surface area contributed by atoms with Crippen LogP contribution in [-0.4, -0.2) is 23.5 Å². The molecular weight excluding hydrogens is 153 g/mol. The lowest BCUT2D eigenvalue weighted by Crippen LogP contribution is -1.97. The summed E-state index contributed by atoms with van der Waals surface area (Å²) in [6.07, 6.45) is -0.222. The summed E-state index contributed by atoms with van der Waals surface area (Å²) in [5.74, 6) is -0.642. The molecule has 0 aliphatic carbocycles. The molecule has 10 heavy (non-hydrogen) atoms. The van der Waals surface area contributed by atoms with Crippen LogP contribution in [0.2, 0.25) is 0 Å². The lowest BCUT2D eigenvalue weighted by Gasteiger charge is -1.99. The highest BCUT2D eigenvalue weighted by Crippen LogP contribution is 2.35. The minimum Gasteiger partial charge on any atom is -0.344 e. The van der Waals surface area contributed by atoms with Crippen LogP contribution in [0.25, 0.3) is 0 Å². The van der Waals surface area contributed by atoms with Gasteiger partial charge in [-0.1, -0.05) is 0 Å². The summed E-state index contributed by atoms with van der Waals surface area (Å²) < 4.78 is 10.5. The third-order valence-corrected chi connectivity index (χ3v) is 1.93. The monoisotopic (exact) mass is 161 g/mol. The average molecular weight is 161 g/mol. The molecule has 1 atom stereocenters. The Labute approximate surface area is 58.9 Å². The lowest BCUT2D eigenvalue weighted by atomic mass is 10.3. The SMILES string of the molecule is CP(=O)(O)CCC(=O)C#N. The fourth-order valence-corrected chi connectivity index (χ4v) is 0.983. The largest absolute Gasteiger partial charge is 0.344 e. The van der Waals surface area contributed by atoms with Gasteiger partial charge in [0.05, 0.1) is 0 Å². The summed E-state index contributed by atoms with van der Waals surface area (Å²) in [4.78, 5) is 18.9. The molecule has 5 heteroatoms. The summed E-state index contributed by atoms with van der Waals surface area (Å²) in [5, 5.41) is 7.96. The minimum atomic E-state index is -3.10.